The lowest BCUT2D eigenvalue weighted by Crippen LogP contribution is -2.38. The van der Waals surface area contributed by atoms with Gasteiger partial charge in [0.05, 0.1) is 27.4 Å². The summed E-state index contributed by atoms with van der Waals surface area (Å²) >= 11 is 0. The minimum atomic E-state index is -0.170. The molecule has 1 aromatic heterocycles. The summed E-state index contributed by atoms with van der Waals surface area (Å²) < 4.78 is 27.8. The first-order valence-electron chi connectivity index (χ1n) is 9.91. The smallest absolute Gasteiger partial charge is 0.197 e. The Balaban J connectivity index is 1.51. The molecule has 0 unspecified atom stereocenters. The molecule has 0 atom stereocenters. The highest BCUT2D eigenvalue weighted by Crippen LogP contribution is 2.32. The van der Waals surface area contributed by atoms with Gasteiger partial charge in [0, 0.05) is 43.4 Å². The maximum absolute atomic E-state index is 12.7. The Morgan fingerprint density at radius 1 is 0.967 bits per heavy atom. The van der Waals surface area contributed by atoms with Gasteiger partial charge >= 0.3 is 0 Å². The molecule has 7 nitrogen and oxygen atoms in total. The van der Waals surface area contributed by atoms with Crippen molar-refractivity contribution in [2.75, 3.05) is 53.7 Å². The number of morpholine rings is 1. The summed E-state index contributed by atoms with van der Waals surface area (Å²) in [7, 11) is 3.07. The number of hydrogen-bond acceptors (Lipinski definition) is 7. The van der Waals surface area contributed by atoms with Crippen LogP contribution in [0.4, 0.5) is 0 Å². The van der Waals surface area contributed by atoms with E-state index in [2.05, 4.69) is 4.90 Å². The Labute approximate surface area is 174 Å². The molecule has 0 radical (unpaired) electrons. The zero-order valence-corrected chi connectivity index (χ0v) is 17.2. The molecule has 7 heteroatoms. The van der Waals surface area contributed by atoms with Crippen LogP contribution in [0, 0.1) is 0 Å². The van der Waals surface area contributed by atoms with Crippen molar-refractivity contribution in [1.82, 2.24) is 4.90 Å². The summed E-state index contributed by atoms with van der Waals surface area (Å²) in [5.74, 6) is 2.23. The first-order valence-corrected chi connectivity index (χ1v) is 9.91. The molecular formula is C23H25NO6. The van der Waals surface area contributed by atoms with Crippen LogP contribution in [-0.4, -0.2) is 58.6 Å². The quantitative estimate of drug-likeness (QED) is 0.591. The number of fused-ring (bicyclic) bond motifs is 1. The fourth-order valence-corrected chi connectivity index (χ4v) is 3.48. The molecule has 30 heavy (non-hydrogen) atoms. The van der Waals surface area contributed by atoms with Crippen LogP contribution in [0.3, 0.4) is 0 Å². The lowest BCUT2D eigenvalue weighted by atomic mass is 10.1. The van der Waals surface area contributed by atoms with Gasteiger partial charge in [0.15, 0.2) is 5.43 Å². The molecule has 1 aliphatic rings. The van der Waals surface area contributed by atoms with Gasteiger partial charge in [-0.15, -0.1) is 0 Å². The largest absolute Gasteiger partial charge is 0.496 e. The molecule has 2 aromatic carbocycles. The van der Waals surface area contributed by atoms with Crippen LogP contribution in [-0.2, 0) is 4.74 Å². The summed E-state index contributed by atoms with van der Waals surface area (Å²) in [4.78, 5) is 15.0. The monoisotopic (exact) mass is 411 g/mol. The number of hydrogen-bond donors (Lipinski definition) is 0. The normalized spacial score (nSPS) is 14.6. The van der Waals surface area contributed by atoms with Gasteiger partial charge in [-0.2, -0.15) is 0 Å². The highest BCUT2D eigenvalue weighted by atomic mass is 16.5. The predicted molar refractivity (Wildman–Crippen MR) is 114 cm³/mol. The zero-order valence-electron chi connectivity index (χ0n) is 17.2. The van der Waals surface area contributed by atoms with Gasteiger partial charge in [-0.05, 0) is 24.3 Å². The van der Waals surface area contributed by atoms with Crippen LogP contribution in [0.25, 0.3) is 22.3 Å². The molecule has 3 aromatic rings. The third-order valence-electron chi connectivity index (χ3n) is 5.14. The highest BCUT2D eigenvalue weighted by Gasteiger charge is 2.14. The van der Waals surface area contributed by atoms with Crippen molar-refractivity contribution in [3.05, 3.63) is 52.7 Å². The lowest BCUT2D eigenvalue weighted by Gasteiger charge is -2.26. The molecule has 0 saturated carbocycles. The van der Waals surface area contributed by atoms with E-state index in [1.165, 1.54) is 13.2 Å². The molecule has 1 aliphatic heterocycles. The van der Waals surface area contributed by atoms with Crippen molar-refractivity contribution >= 4 is 11.0 Å². The third-order valence-corrected chi connectivity index (χ3v) is 5.14. The van der Waals surface area contributed by atoms with Crippen molar-refractivity contribution < 1.29 is 23.4 Å². The second-order valence-corrected chi connectivity index (χ2v) is 7.00. The second-order valence-electron chi connectivity index (χ2n) is 7.00. The Morgan fingerprint density at radius 2 is 1.73 bits per heavy atom. The molecule has 158 valence electrons. The van der Waals surface area contributed by atoms with Crippen molar-refractivity contribution in [3.8, 4) is 28.6 Å². The Kier molecular flexibility index (Phi) is 6.21. The van der Waals surface area contributed by atoms with E-state index in [-0.39, 0.29) is 5.43 Å². The van der Waals surface area contributed by atoms with Crippen LogP contribution >= 0.6 is 0 Å². The van der Waals surface area contributed by atoms with E-state index in [9.17, 15) is 4.79 Å². The van der Waals surface area contributed by atoms with Crippen LogP contribution in [0.1, 0.15) is 0 Å². The van der Waals surface area contributed by atoms with Gasteiger partial charge in [-0.3, -0.25) is 9.69 Å². The molecule has 0 aliphatic carbocycles. The molecule has 0 bridgehead atoms. The molecule has 1 fully saturated rings. The van der Waals surface area contributed by atoms with Crippen molar-refractivity contribution in [1.29, 1.82) is 0 Å². The molecule has 0 spiro atoms. The topological polar surface area (TPSA) is 70.4 Å². The van der Waals surface area contributed by atoms with E-state index in [0.29, 0.717) is 34.8 Å². The highest BCUT2D eigenvalue weighted by molar-refractivity contribution is 5.86. The predicted octanol–water partition coefficient (Wildman–Crippen LogP) is 3.19. The van der Waals surface area contributed by atoms with Gasteiger partial charge in [0.1, 0.15) is 40.6 Å². The standard InChI is InChI=1S/C23H25NO6/c1-26-18-13-21(27-2)23-19(25)15-20(30-22(23)14-18)16-3-5-17(6-4-16)29-12-9-24-7-10-28-11-8-24/h3-6,13-15H,7-12H2,1-2H3. The van der Waals surface area contributed by atoms with Crippen molar-refractivity contribution in [2.24, 2.45) is 0 Å². The molecule has 4 rings (SSSR count). The maximum Gasteiger partial charge on any atom is 0.197 e. The van der Waals surface area contributed by atoms with E-state index in [0.717, 1.165) is 44.2 Å². The van der Waals surface area contributed by atoms with Gasteiger partial charge in [-0.1, -0.05) is 0 Å². The summed E-state index contributed by atoms with van der Waals surface area (Å²) in [5.41, 5.74) is 1.03. The van der Waals surface area contributed by atoms with E-state index in [1.54, 1.807) is 19.2 Å². The third kappa shape index (κ3) is 4.42. The molecule has 0 N–H and O–H groups in total. The SMILES string of the molecule is COc1cc(OC)c2c(=O)cc(-c3ccc(OCCN4CCOCC4)cc3)oc2c1. The first-order chi connectivity index (χ1) is 14.7. The van der Waals surface area contributed by atoms with Gasteiger partial charge in [0.25, 0.3) is 0 Å². The maximum atomic E-state index is 12.7. The summed E-state index contributed by atoms with van der Waals surface area (Å²) in [6.45, 7) is 4.93. The van der Waals surface area contributed by atoms with Crippen LogP contribution < -0.4 is 19.6 Å². The van der Waals surface area contributed by atoms with E-state index in [4.69, 9.17) is 23.4 Å². The summed E-state index contributed by atoms with van der Waals surface area (Å²) in [6, 6.07) is 12.4. The Bertz CT molecular complexity index is 1050. The average molecular weight is 411 g/mol. The molecule has 2 heterocycles. The first kappa shape index (κ1) is 20.3. The lowest BCUT2D eigenvalue weighted by molar-refractivity contribution is 0.0322. The molecule has 1 saturated heterocycles. The Hall–Kier alpha value is -3.03. The number of methoxy groups -OCH3 is 2. The van der Waals surface area contributed by atoms with Crippen LogP contribution in [0.2, 0.25) is 0 Å². The molecular weight excluding hydrogens is 386 g/mol. The Morgan fingerprint density at radius 3 is 2.43 bits per heavy atom. The van der Waals surface area contributed by atoms with Crippen molar-refractivity contribution in [2.45, 2.75) is 0 Å². The fourth-order valence-electron chi connectivity index (χ4n) is 3.48. The second kappa shape index (κ2) is 9.19. The van der Waals surface area contributed by atoms with Gasteiger partial charge < -0.3 is 23.4 Å². The van der Waals surface area contributed by atoms with Gasteiger partial charge in [0.2, 0.25) is 0 Å². The number of ether oxygens (including phenoxy) is 4. The van der Waals surface area contributed by atoms with E-state index in [1.807, 2.05) is 24.3 Å². The van der Waals surface area contributed by atoms with E-state index >= 15 is 0 Å². The van der Waals surface area contributed by atoms with E-state index < -0.39 is 0 Å². The zero-order chi connectivity index (χ0) is 20.9. The summed E-state index contributed by atoms with van der Waals surface area (Å²) in [6.07, 6.45) is 0. The number of rotatable bonds is 7. The van der Waals surface area contributed by atoms with Gasteiger partial charge in [-0.25, -0.2) is 0 Å². The number of nitrogens with zero attached hydrogens (tertiary/aromatic N) is 1. The van der Waals surface area contributed by atoms with Crippen LogP contribution in [0.15, 0.2) is 51.7 Å². The summed E-state index contributed by atoms with van der Waals surface area (Å²) in [5, 5.41) is 0.394. The fraction of sp³-hybridized carbons (Fsp3) is 0.348. The molecule has 0 amide bonds. The minimum absolute atomic E-state index is 0.170. The average Bonchev–Trinajstić information content (AvgIpc) is 2.79. The van der Waals surface area contributed by atoms with Crippen molar-refractivity contribution in [3.63, 3.8) is 0 Å². The minimum Gasteiger partial charge on any atom is -0.496 e. The van der Waals surface area contributed by atoms with Crippen LogP contribution in [0.5, 0.6) is 17.2 Å². The number of benzene rings is 2.